The van der Waals surface area contributed by atoms with Crippen LogP contribution in [0.25, 0.3) is 0 Å². The van der Waals surface area contributed by atoms with Crippen LogP contribution in [-0.4, -0.2) is 39.6 Å². The molecule has 0 bridgehead atoms. The number of ether oxygens (including phenoxy) is 1. The standard InChI is InChI=1S/C18H18BrF3N2O3S/c1-24-8-7-14(11-24)27-17-10-13(5-6-16(17)18(20,21)22)23-28(25,26)15-4-2-3-12(19)9-15/h2-6,9-10,14,23H,7-8,11H2,1H3/t14-/m1/s1. The van der Waals surface area contributed by atoms with Gasteiger partial charge >= 0.3 is 6.18 Å². The summed E-state index contributed by atoms with van der Waals surface area (Å²) in [6.07, 6.45) is -4.40. The monoisotopic (exact) mass is 478 g/mol. The number of halogens is 4. The predicted octanol–water partition coefficient (Wildman–Crippen LogP) is 4.35. The van der Waals surface area contributed by atoms with E-state index in [0.717, 1.165) is 24.7 Å². The van der Waals surface area contributed by atoms with Crippen LogP contribution in [0.2, 0.25) is 0 Å². The molecule has 0 amide bonds. The van der Waals surface area contributed by atoms with Gasteiger partial charge in [0, 0.05) is 23.6 Å². The number of hydrogen-bond acceptors (Lipinski definition) is 4. The maximum atomic E-state index is 13.3. The Labute approximate surface area is 169 Å². The van der Waals surface area contributed by atoms with Gasteiger partial charge in [-0.15, -0.1) is 0 Å². The van der Waals surface area contributed by atoms with E-state index in [0.29, 0.717) is 17.4 Å². The lowest BCUT2D eigenvalue weighted by molar-refractivity contribution is -0.139. The third-order valence-electron chi connectivity index (χ3n) is 4.29. The van der Waals surface area contributed by atoms with Gasteiger partial charge in [0.25, 0.3) is 10.0 Å². The molecule has 0 unspecified atom stereocenters. The fraction of sp³-hybridized carbons (Fsp3) is 0.333. The first-order chi connectivity index (χ1) is 13.0. The summed E-state index contributed by atoms with van der Waals surface area (Å²) in [6.45, 7) is 1.23. The molecular formula is C18H18BrF3N2O3S. The van der Waals surface area contributed by atoms with Crippen LogP contribution in [0.1, 0.15) is 12.0 Å². The van der Waals surface area contributed by atoms with Crippen LogP contribution in [-0.2, 0) is 16.2 Å². The molecule has 1 aliphatic heterocycles. The molecule has 1 N–H and O–H groups in total. The number of likely N-dealkylation sites (N-methyl/N-ethyl adjacent to an activating group) is 1. The summed E-state index contributed by atoms with van der Waals surface area (Å²) in [4.78, 5) is 1.94. The number of hydrogen-bond donors (Lipinski definition) is 1. The number of nitrogens with zero attached hydrogens (tertiary/aromatic N) is 1. The van der Waals surface area contributed by atoms with Crippen LogP contribution in [0, 0.1) is 0 Å². The largest absolute Gasteiger partial charge is 0.488 e. The molecule has 28 heavy (non-hydrogen) atoms. The first kappa shape index (κ1) is 20.9. The number of alkyl halides is 3. The number of sulfonamides is 1. The highest BCUT2D eigenvalue weighted by atomic mass is 79.9. The summed E-state index contributed by atoms with van der Waals surface area (Å²) in [5.41, 5.74) is -0.943. The van der Waals surface area contributed by atoms with E-state index in [1.165, 1.54) is 12.1 Å². The molecule has 0 spiro atoms. The van der Waals surface area contributed by atoms with Crippen LogP contribution in [0.4, 0.5) is 18.9 Å². The predicted molar refractivity (Wildman–Crippen MR) is 103 cm³/mol. The van der Waals surface area contributed by atoms with Crippen molar-refractivity contribution in [3.63, 3.8) is 0 Å². The van der Waals surface area contributed by atoms with Crippen molar-refractivity contribution in [1.82, 2.24) is 4.90 Å². The fourth-order valence-corrected chi connectivity index (χ4v) is 4.58. The Morgan fingerprint density at radius 3 is 2.57 bits per heavy atom. The Hall–Kier alpha value is -1.78. The summed E-state index contributed by atoms with van der Waals surface area (Å²) >= 11 is 3.20. The molecule has 1 aliphatic rings. The molecule has 1 atom stereocenters. The van der Waals surface area contributed by atoms with Gasteiger partial charge in [-0.25, -0.2) is 8.42 Å². The second-order valence-corrected chi connectivity index (χ2v) is 9.16. The number of rotatable bonds is 5. The summed E-state index contributed by atoms with van der Waals surface area (Å²) in [5, 5.41) is 0. The van der Waals surface area contributed by atoms with Gasteiger partial charge in [0.15, 0.2) is 0 Å². The molecule has 3 rings (SSSR count). The van der Waals surface area contributed by atoms with Crippen molar-refractivity contribution in [2.24, 2.45) is 0 Å². The van der Waals surface area contributed by atoms with Gasteiger partial charge in [-0.2, -0.15) is 13.2 Å². The minimum Gasteiger partial charge on any atom is -0.488 e. The zero-order valence-electron chi connectivity index (χ0n) is 14.8. The Morgan fingerprint density at radius 2 is 1.96 bits per heavy atom. The normalized spacial score (nSPS) is 18.2. The molecular weight excluding hydrogens is 461 g/mol. The Balaban J connectivity index is 1.90. The van der Waals surface area contributed by atoms with Crippen LogP contribution in [0.3, 0.4) is 0 Å². The summed E-state index contributed by atoms with van der Waals surface area (Å²) < 4.78 is 73.6. The van der Waals surface area contributed by atoms with E-state index in [2.05, 4.69) is 20.7 Å². The van der Waals surface area contributed by atoms with Gasteiger partial charge in [0.2, 0.25) is 0 Å². The fourth-order valence-electron chi connectivity index (χ4n) is 2.94. The molecule has 0 saturated carbocycles. The van der Waals surface area contributed by atoms with E-state index >= 15 is 0 Å². The molecule has 2 aromatic rings. The van der Waals surface area contributed by atoms with Gasteiger partial charge < -0.3 is 9.64 Å². The van der Waals surface area contributed by atoms with Crippen LogP contribution in [0.5, 0.6) is 5.75 Å². The van der Waals surface area contributed by atoms with Crippen molar-refractivity contribution in [2.45, 2.75) is 23.6 Å². The smallest absolute Gasteiger partial charge is 0.419 e. The van der Waals surface area contributed by atoms with Crippen molar-refractivity contribution in [1.29, 1.82) is 0 Å². The van der Waals surface area contributed by atoms with Gasteiger partial charge in [-0.3, -0.25) is 4.72 Å². The second-order valence-electron chi connectivity index (χ2n) is 6.56. The highest BCUT2D eigenvalue weighted by Crippen LogP contribution is 2.39. The van der Waals surface area contributed by atoms with Crippen molar-refractivity contribution >= 4 is 31.6 Å². The summed E-state index contributed by atoms with van der Waals surface area (Å²) in [6, 6.07) is 8.99. The van der Waals surface area contributed by atoms with Crippen LogP contribution < -0.4 is 9.46 Å². The van der Waals surface area contributed by atoms with E-state index in [4.69, 9.17) is 4.74 Å². The van der Waals surface area contributed by atoms with E-state index in [-0.39, 0.29) is 22.4 Å². The molecule has 1 heterocycles. The Morgan fingerprint density at radius 1 is 1.21 bits per heavy atom. The van der Waals surface area contributed by atoms with Gasteiger partial charge in [-0.05, 0) is 43.8 Å². The number of anilines is 1. The zero-order valence-corrected chi connectivity index (χ0v) is 17.2. The molecule has 1 fully saturated rings. The zero-order chi connectivity index (χ0) is 20.5. The topological polar surface area (TPSA) is 58.6 Å². The summed E-state index contributed by atoms with van der Waals surface area (Å²) in [7, 11) is -2.10. The molecule has 2 aromatic carbocycles. The van der Waals surface area contributed by atoms with Crippen molar-refractivity contribution in [2.75, 3.05) is 24.9 Å². The molecule has 152 valence electrons. The summed E-state index contributed by atoms with van der Waals surface area (Å²) in [5.74, 6) is -0.387. The molecule has 0 aromatic heterocycles. The lowest BCUT2D eigenvalue weighted by Crippen LogP contribution is -2.23. The van der Waals surface area contributed by atoms with E-state index in [1.54, 1.807) is 12.1 Å². The van der Waals surface area contributed by atoms with Crippen molar-refractivity contribution in [3.05, 3.63) is 52.5 Å². The average molecular weight is 479 g/mol. The lowest BCUT2D eigenvalue weighted by Gasteiger charge is -2.19. The molecule has 10 heteroatoms. The first-order valence-electron chi connectivity index (χ1n) is 8.39. The second kappa shape index (κ2) is 7.92. The van der Waals surface area contributed by atoms with E-state index in [1.807, 2.05) is 11.9 Å². The number of likely N-dealkylation sites (tertiary alicyclic amines) is 1. The SMILES string of the molecule is CN1CC[C@@H](Oc2cc(NS(=O)(=O)c3cccc(Br)c3)ccc2C(F)(F)F)C1. The third-order valence-corrected chi connectivity index (χ3v) is 6.16. The Kier molecular flexibility index (Phi) is 5.92. The Bertz CT molecular complexity index is 967. The number of nitrogens with one attached hydrogen (secondary N) is 1. The van der Waals surface area contributed by atoms with Crippen molar-refractivity contribution in [3.8, 4) is 5.75 Å². The highest BCUT2D eigenvalue weighted by molar-refractivity contribution is 9.10. The highest BCUT2D eigenvalue weighted by Gasteiger charge is 2.36. The quantitative estimate of drug-likeness (QED) is 0.693. The van der Waals surface area contributed by atoms with E-state index in [9.17, 15) is 21.6 Å². The van der Waals surface area contributed by atoms with Crippen LogP contribution >= 0.6 is 15.9 Å². The maximum Gasteiger partial charge on any atom is 0.419 e. The molecule has 0 radical (unpaired) electrons. The van der Waals surface area contributed by atoms with Gasteiger partial charge in [0.05, 0.1) is 16.1 Å². The number of benzene rings is 2. The molecule has 5 nitrogen and oxygen atoms in total. The van der Waals surface area contributed by atoms with Gasteiger partial charge in [-0.1, -0.05) is 22.0 Å². The first-order valence-corrected chi connectivity index (χ1v) is 10.7. The minimum absolute atomic E-state index is 0.00525. The van der Waals surface area contributed by atoms with E-state index < -0.39 is 21.8 Å². The average Bonchev–Trinajstić information content (AvgIpc) is 2.98. The minimum atomic E-state index is -4.61. The molecule has 1 saturated heterocycles. The lowest BCUT2D eigenvalue weighted by atomic mass is 10.1. The third kappa shape index (κ3) is 4.98. The van der Waals surface area contributed by atoms with Gasteiger partial charge in [0.1, 0.15) is 11.9 Å². The molecule has 0 aliphatic carbocycles. The van der Waals surface area contributed by atoms with Crippen molar-refractivity contribution < 1.29 is 26.3 Å². The maximum absolute atomic E-state index is 13.3. The van der Waals surface area contributed by atoms with Crippen LogP contribution in [0.15, 0.2) is 51.8 Å².